The minimum absolute atomic E-state index is 0.337. The third-order valence-corrected chi connectivity index (χ3v) is 3.73. The Morgan fingerprint density at radius 2 is 2.00 bits per heavy atom. The van der Waals surface area contributed by atoms with Crippen molar-refractivity contribution >= 4 is 11.0 Å². The summed E-state index contributed by atoms with van der Waals surface area (Å²) in [6.07, 6.45) is 5.21. The number of benzene rings is 1. The van der Waals surface area contributed by atoms with Gasteiger partial charge in [0.05, 0.1) is 17.4 Å². The Bertz CT molecular complexity index is 528. The second kappa shape index (κ2) is 5.53. The number of rotatable bonds is 5. The molecule has 0 aliphatic carbocycles. The monoisotopic (exact) mass is 245 g/mol. The first-order valence-electron chi connectivity index (χ1n) is 6.79. The van der Waals surface area contributed by atoms with Crippen molar-refractivity contribution in [2.45, 2.75) is 52.6 Å². The molecule has 1 unspecified atom stereocenters. The number of hydrogen-bond acceptors (Lipinski definition) is 2. The Morgan fingerprint density at radius 3 is 2.72 bits per heavy atom. The van der Waals surface area contributed by atoms with Crippen LogP contribution >= 0.6 is 0 Å². The predicted octanol–water partition coefficient (Wildman–Crippen LogP) is 3.17. The number of imidazole rings is 1. The highest BCUT2D eigenvalue weighted by molar-refractivity contribution is 5.77. The molecule has 0 spiro atoms. The molecule has 0 amide bonds. The van der Waals surface area contributed by atoms with Gasteiger partial charge in [-0.25, -0.2) is 4.98 Å². The molecule has 1 heterocycles. The van der Waals surface area contributed by atoms with Crippen LogP contribution in [0.25, 0.3) is 11.0 Å². The zero-order chi connectivity index (χ0) is 13.1. The molecule has 0 radical (unpaired) electrons. The van der Waals surface area contributed by atoms with E-state index in [-0.39, 0.29) is 0 Å². The fraction of sp³-hybridized carbons (Fsp3) is 0.533. The molecule has 0 saturated heterocycles. The predicted molar refractivity (Wildman–Crippen MR) is 76.7 cm³/mol. The topological polar surface area (TPSA) is 43.8 Å². The largest absolute Gasteiger partial charge is 0.331 e. The lowest BCUT2D eigenvalue weighted by Crippen LogP contribution is -2.18. The van der Waals surface area contributed by atoms with Crippen LogP contribution in [-0.2, 0) is 6.54 Å². The summed E-state index contributed by atoms with van der Waals surface area (Å²) >= 11 is 0. The second-order valence-electron chi connectivity index (χ2n) is 5.17. The SMILES string of the molecule is CCC(N)CCCn1cnc2cc(C)c(C)cc21. The van der Waals surface area contributed by atoms with Crippen LogP contribution in [0.1, 0.15) is 37.3 Å². The lowest BCUT2D eigenvalue weighted by molar-refractivity contribution is 0.529. The fourth-order valence-corrected chi connectivity index (χ4v) is 2.22. The fourth-order valence-electron chi connectivity index (χ4n) is 2.22. The summed E-state index contributed by atoms with van der Waals surface area (Å²) in [5, 5.41) is 0. The van der Waals surface area contributed by atoms with E-state index in [1.165, 1.54) is 16.6 Å². The Labute approximate surface area is 109 Å². The molecular weight excluding hydrogens is 222 g/mol. The van der Waals surface area contributed by atoms with Crippen LogP contribution in [0.3, 0.4) is 0 Å². The molecule has 3 heteroatoms. The highest BCUT2D eigenvalue weighted by Gasteiger charge is 2.05. The van der Waals surface area contributed by atoms with Gasteiger partial charge >= 0.3 is 0 Å². The van der Waals surface area contributed by atoms with E-state index in [2.05, 4.69) is 42.5 Å². The first-order chi connectivity index (χ1) is 8.61. The van der Waals surface area contributed by atoms with E-state index in [1.54, 1.807) is 0 Å². The zero-order valence-corrected chi connectivity index (χ0v) is 11.6. The van der Waals surface area contributed by atoms with E-state index in [0.29, 0.717) is 6.04 Å². The summed E-state index contributed by atoms with van der Waals surface area (Å²) in [7, 11) is 0. The van der Waals surface area contributed by atoms with Crippen molar-refractivity contribution in [1.82, 2.24) is 9.55 Å². The van der Waals surface area contributed by atoms with Gasteiger partial charge in [-0.15, -0.1) is 0 Å². The van der Waals surface area contributed by atoms with Crippen LogP contribution in [-0.4, -0.2) is 15.6 Å². The number of nitrogens with zero attached hydrogens (tertiary/aromatic N) is 2. The van der Waals surface area contributed by atoms with Crippen molar-refractivity contribution in [2.24, 2.45) is 5.73 Å². The number of aromatic nitrogens is 2. The van der Waals surface area contributed by atoms with Crippen LogP contribution in [0, 0.1) is 13.8 Å². The van der Waals surface area contributed by atoms with E-state index in [0.717, 1.165) is 31.3 Å². The lowest BCUT2D eigenvalue weighted by Gasteiger charge is -2.09. The van der Waals surface area contributed by atoms with Crippen LogP contribution in [0.5, 0.6) is 0 Å². The molecular formula is C15H23N3. The van der Waals surface area contributed by atoms with Gasteiger partial charge < -0.3 is 10.3 Å². The van der Waals surface area contributed by atoms with Gasteiger partial charge in [-0.2, -0.15) is 0 Å². The van der Waals surface area contributed by atoms with Crippen molar-refractivity contribution in [2.75, 3.05) is 0 Å². The molecule has 18 heavy (non-hydrogen) atoms. The average Bonchev–Trinajstić information content (AvgIpc) is 2.72. The maximum Gasteiger partial charge on any atom is 0.0958 e. The third kappa shape index (κ3) is 2.72. The van der Waals surface area contributed by atoms with Crippen LogP contribution in [0.2, 0.25) is 0 Å². The van der Waals surface area contributed by atoms with Crippen molar-refractivity contribution < 1.29 is 0 Å². The molecule has 2 rings (SSSR count). The van der Waals surface area contributed by atoms with E-state index < -0.39 is 0 Å². The number of fused-ring (bicyclic) bond motifs is 1. The third-order valence-electron chi connectivity index (χ3n) is 3.73. The van der Waals surface area contributed by atoms with Crippen LogP contribution in [0.4, 0.5) is 0 Å². The summed E-state index contributed by atoms with van der Waals surface area (Å²) in [6, 6.07) is 4.74. The van der Waals surface area contributed by atoms with Gasteiger partial charge in [0, 0.05) is 12.6 Å². The highest BCUT2D eigenvalue weighted by atomic mass is 15.0. The van der Waals surface area contributed by atoms with Crippen LogP contribution < -0.4 is 5.73 Å². The van der Waals surface area contributed by atoms with Crippen molar-refractivity contribution in [1.29, 1.82) is 0 Å². The molecule has 98 valence electrons. The summed E-state index contributed by atoms with van der Waals surface area (Å²) in [6.45, 7) is 7.43. The Morgan fingerprint density at radius 1 is 1.28 bits per heavy atom. The maximum atomic E-state index is 5.94. The molecule has 1 atom stereocenters. The number of aryl methyl sites for hydroxylation is 3. The Hall–Kier alpha value is -1.35. The Balaban J connectivity index is 2.12. The lowest BCUT2D eigenvalue weighted by atomic mass is 10.1. The molecule has 2 N–H and O–H groups in total. The first-order valence-corrected chi connectivity index (χ1v) is 6.79. The molecule has 0 saturated carbocycles. The van der Waals surface area contributed by atoms with E-state index >= 15 is 0 Å². The maximum absolute atomic E-state index is 5.94. The summed E-state index contributed by atoms with van der Waals surface area (Å²) in [5.41, 5.74) is 10.9. The number of nitrogens with two attached hydrogens (primary N) is 1. The molecule has 0 aliphatic heterocycles. The smallest absolute Gasteiger partial charge is 0.0958 e. The van der Waals surface area contributed by atoms with Gasteiger partial charge in [0.1, 0.15) is 0 Å². The highest BCUT2D eigenvalue weighted by Crippen LogP contribution is 2.18. The molecule has 0 bridgehead atoms. The molecule has 3 nitrogen and oxygen atoms in total. The standard InChI is InChI=1S/C15H23N3/c1-4-13(16)6-5-7-18-10-17-14-8-11(2)12(3)9-15(14)18/h8-10,13H,4-7,16H2,1-3H3. The first kappa shape index (κ1) is 13.1. The Kier molecular flexibility index (Phi) is 4.02. The van der Waals surface area contributed by atoms with Gasteiger partial charge in [-0.05, 0) is 56.4 Å². The van der Waals surface area contributed by atoms with Gasteiger partial charge in [-0.3, -0.25) is 0 Å². The molecule has 2 aromatic rings. The molecule has 0 aliphatic rings. The van der Waals surface area contributed by atoms with E-state index in [9.17, 15) is 0 Å². The van der Waals surface area contributed by atoms with Crippen molar-refractivity contribution in [3.8, 4) is 0 Å². The second-order valence-corrected chi connectivity index (χ2v) is 5.17. The van der Waals surface area contributed by atoms with Gasteiger partial charge in [0.15, 0.2) is 0 Å². The molecule has 0 fully saturated rings. The quantitative estimate of drug-likeness (QED) is 0.879. The van der Waals surface area contributed by atoms with Gasteiger partial charge in [-0.1, -0.05) is 6.92 Å². The van der Waals surface area contributed by atoms with Crippen molar-refractivity contribution in [3.05, 3.63) is 29.6 Å². The summed E-state index contributed by atoms with van der Waals surface area (Å²) in [4.78, 5) is 4.47. The summed E-state index contributed by atoms with van der Waals surface area (Å²) < 4.78 is 2.24. The number of hydrogen-bond donors (Lipinski definition) is 1. The van der Waals surface area contributed by atoms with Crippen molar-refractivity contribution in [3.63, 3.8) is 0 Å². The molecule has 1 aromatic carbocycles. The average molecular weight is 245 g/mol. The van der Waals surface area contributed by atoms with E-state index in [1.807, 2.05) is 6.33 Å². The minimum Gasteiger partial charge on any atom is -0.331 e. The summed E-state index contributed by atoms with van der Waals surface area (Å²) in [5.74, 6) is 0. The van der Waals surface area contributed by atoms with Gasteiger partial charge in [0.2, 0.25) is 0 Å². The normalized spacial score (nSPS) is 13.1. The van der Waals surface area contributed by atoms with E-state index in [4.69, 9.17) is 5.73 Å². The van der Waals surface area contributed by atoms with Crippen LogP contribution in [0.15, 0.2) is 18.5 Å². The minimum atomic E-state index is 0.337. The van der Waals surface area contributed by atoms with Gasteiger partial charge in [0.25, 0.3) is 0 Å². The zero-order valence-electron chi connectivity index (χ0n) is 11.6. The molecule has 1 aromatic heterocycles.